The van der Waals surface area contributed by atoms with Crippen molar-refractivity contribution in [3.8, 4) is 0 Å². The van der Waals surface area contributed by atoms with E-state index < -0.39 is 6.10 Å². The Morgan fingerprint density at radius 3 is 2.75 bits per heavy atom. The van der Waals surface area contributed by atoms with Crippen LogP contribution in [-0.4, -0.2) is 29.9 Å². The summed E-state index contributed by atoms with van der Waals surface area (Å²) < 4.78 is 0. The first kappa shape index (κ1) is 14.7. The van der Waals surface area contributed by atoms with Gasteiger partial charge < -0.3 is 10.4 Å². The van der Waals surface area contributed by atoms with E-state index in [1.165, 1.54) is 0 Å². The molecule has 0 aromatic rings. The van der Waals surface area contributed by atoms with E-state index in [1.807, 2.05) is 19.9 Å². The first-order chi connectivity index (χ1) is 9.31. The minimum atomic E-state index is -0.521. The van der Waals surface area contributed by atoms with E-state index in [0.29, 0.717) is 17.6 Å². The third-order valence-electron chi connectivity index (χ3n) is 4.80. The number of carbonyl (C=O) groups excluding carboxylic acids is 2. The molecule has 3 unspecified atom stereocenters. The van der Waals surface area contributed by atoms with Gasteiger partial charge in [0.2, 0.25) is 5.91 Å². The first-order valence-corrected chi connectivity index (χ1v) is 6.86. The molecule has 0 aromatic heterocycles. The Labute approximate surface area is 119 Å². The highest BCUT2D eigenvalue weighted by Gasteiger charge is 2.44. The number of likely N-dealkylation sites (N-methyl/N-ethyl adjacent to an activating group) is 1. The van der Waals surface area contributed by atoms with Gasteiger partial charge in [-0.3, -0.25) is 9.59 Å². The fraction of sp³-hybridized carbons (Fsp3) is 0.500. The molecule has 0 radical (unpaired) electrons. The van der Waals surface area contributed by atoms with Gasteiger partial charge in [-0.1, -0.05) is 26.0 Å². The van der Waals surface area contributed by atoms with E-state index >= 15 is 0 Å². The molecule has 20 heavy (non-hydrogen) atoms. The number of aliphatic hydroxyl groups excluding tert-OH is 1. The van der Waals surface area contributed by atoms with E-state index in [0.717, 1.165) is 5.57 Å². The summed E-state index contributed by atoms with van der Waals surface area (Å²) >= 11 is 0. The topological polar surface area (TPSA) is 66.4 Å². The van der Waals surface area contributed by atoms with Crippen LogP contribution in [0, 0.1) is 11.3 Å². The molecule has 4 nitrogen and oxygen atoms in total. The number of rotatable bonds is 1. The maximum Gasteiger partial charge on any atom is 0.247 e. The molecule has 108 valence electrons. The minimum Gasteiger partial charge on any atom is -0.389 e. The number of amides is 1. The minimum absolute atomic E-state index is 0.000613. The lowest BCUT2D eigenvalue weighted by Crippen LogP contribution is -2.41. The summed E-state index contributed by atoms with van der Waals surface area (Å²) in [6.45, 7) is 5.69. The average Bonchev–Trinajstić information content (AvgIpc) is 2.43. The van der Waals surface area contributed by atoms with Gasteiger partial charge in [0.1, 0.15) is 0 Å². The van der Waals surface area contributed by atoms with Crippen LogP contribution in [0.25, 0.3) is 0 Å². The molecule has 0 saturated carbocycles. The number of hydrogen-bond donors (Lipinski definition) is 2. The lowest BCUT2D eigenvalue weighted by Gasteiger charge is -2.44. The zero-order valence-corrected chi connectivity index (χ0v) is 12.4. The van der Waals surface area contributed by atoms with Crippen LogP contribution in [0.5, 0.6) is 0 Å². The molecule has 0 heterocycles. The van der Waals surface area contributed by atoms with Gasteiger partial charge in [0.25, 0.3) is 0 Å². The van der Waals surface area contributed by atoms with Crippen molar-refractivity contribution >= 4 is 11.7 Å². The second kappa shape index (κ2) is 5.02. The van der Waals surface area contributed by atoms with Gasteiger partial charge in [-0.05, 0) is 30.9 Å². The molecule has 0 fully saturated rings. The molecular formula is C16H21NO3. The zero-order valence-electron chi connectivity index (χ0n) is 12.4. The number of hydrogen-bond acceptors (Lipinski definition) is 3. The Bertz CT molecular complexity index is 556. The highest BCUT2D eigenvalue weighted by Crippen LogP contribution is 2.49. The van der Waals surface area contributed by atoms with Gasteiger partial charge >= 0.3 is 0 Å². The largest absolute Gasteiger partial charge is 0.389 e. The zero-order chi connectivity index (χ0) is 15.1. The van der Waals surface area contributed by atoms with Crippen LogP contribution in [0.3, 0.4) is 0 Å². The number of ketones is 1. The smallest absolute Gasteiger partial charge is 0.247 e. The van der Waals surface area contributed by atoms with Gasteiger partial charge in [0, 0.05) is 23.6 Å². The number of aliphatic hydroxyl groups is 1. The van der Waals surface area contributed by atoms with E-state index in [1.54, 1.807) is 26.1 Å². The fourth-order valence-corrected chi connectivity index (χ4v) is 3.00. The van der Waals surface area contributed by atoms with Crippen molar-refractivity contribution in [3.63, 3.8) is 0 Å². The normalized spacial score (nSPS) is 35.2. The predicted octanol–water partition coefficient (Wildman–Crippen LogP) is 1.52. The molecule has 0 spiro atoms. The van der Waals surface area contributed by atoms with Crippen molar-refractivity contribution in [1.82, 2.24) is 5.32 Å². The highest BCUT2D eigenvalue weighted by molar-refractivity contribution is 6.11. The summed E-state index contributed by atoms with van der Waals surface area (Å²) in [5, 5.41) is 12.6. The summed E-state index contributed by atoms with van der Waals surface area (Å²) in [7, 11) is 1.55. The quantitative estimate of drug-likeness (QED) is 0.713. The Hall–Kier alpha value is -1.68. The Morgan fingerprint density at radius 1 is 1.50 bits per heavy atom. The summed E-state index contributed by atoms with van der Waals surface area (Å²) in [6.07, 6.45) is 5.12. The van der Waals surface area contributed by atoms with Gasteiger partial charge in [-0.2, -0.15) is 0 Å². The molecule has 0 aromatic carbocycles. The molecule has 0 saturated heterocycles. The fourth-order valence-electron chi connectivity index (χ4n) is 3.00. The standard InChI is InChI=1S/C16H21NO3/c1-9(15(20)17-4)12-8-16(3)10(2)13(18)6-5-11(16)7-14(12)19/h5-7,10,13,18H,8H2,1-4H3,(H,17,20)/b12-9-. The third kappa shape index (κ3) is 2.14. The van der Waals surface area contributed by atoms with Gasteiger partial charge in [-0.25, -0.2) is 0 Å². The molecule has 3 atom stereocenters. The van der Waals surface area contributed by atoms with E-state index in [2.05, 4.69) is 5.32 Å². The molecule has 0 aliphatic heterocycles. The van der Waals surface area contributed by atoms with E-state index in [-0.39, 0.29) is 23.0 Å². The Balaban J connectivity index is 2.52. The predicted molar refractivity (Wildman–Crippen MR) is 76.9 cm³/mol. The van der Waals surface area contributed by atoms with Crippen molar-refractivity contribution in [3.05, 3.63) is 34.9 Å². The maximum absolute atomic E-state index is 12.2. The summed E-state index contributed by atoms with van der Waals surface area (Å²) in [6, 6.07) is 0. The van der Waals surface area contributed by atoms with Crippen LogP contribution in [-0.2, 0) is 9.59 Å². The molecule has 1 amide bonds. The van der Waals surface area contributed by atoms with Gasteiger partial charge in [-0.15, -0.1) is 0 Å². The molecule has 2 aliphatic rings. The van der Waals surface area contributed by atoms with Crippen LogP contribution in [0.4, 0.5) is 0 Å². The molecule has 2 rings (SSSR count). The summed E-state index contributed by atoms with van der Waals surface area (Å²) in [5.41, 5.74) is 1.64. The molecular weight excluding hydrogens is 254 g/mol. The summed E-state index contributed by atoms with van der Waals surface area (Å²) in [5.74, 6) is -0.334. The lowest BCUT2D eigenvalue weighted by molar-refractivity contribution is -0.118. The SMILES string of the molecule is CNC(=O)/C(C)=C1/CC2(C)C(=CC1=O)C=CC(O)C2C. The molecule has 2 aliphatic carbocycles. The second-order valence-electron chi connectivity index (χ2n) is 5.88. The van der Waals surface area contributed by atoms with Crippen LogP contribution in [0.1, 0.15) is 27.2 Å². The number of allylic oxidation sites excluding steroid dienone is 4. The van der Waals surface area contributed by atoms with Crippen LogP contribution in [0.15, 0.2) is 34.9 Å². The first-order valence-electron chi connectivity index (χ1n) is 6.86. The molecule has 0 bridgehead atoms. The van der Waals surface area contributed by atoms with Crippen molar-refractivity contribution in [1.29, 1.82) is 0 Å². The van der Waals surface area contributed by atoms with Gasteiger partial charge in [0.05, 0.1) is 6.10 Å². The highest BCUT2D eigenvalue weighted by atomic mass is 16.3. The van der Waals surface area contributed by atoms with Crippen LogP contribution >= 0.6 is 0 Å². The van der Waals surface area contributed by atoms with Crippen LogP contribution < -0.4 is 5.32 Å². The van der Waals surface area contributed by atoms with Gasteiger partial charge in [0.15, 0.2) is 5.78 Å². The third-order valence-corrected chi connectivity index (χ3v) is 4.80. The average molecular weight is 275 g/mol. The van der Waals surface area contributed by atoms with Crippen molar-refractivity contribution in [2.24, 2.45) is 11.3 Å². The molecule has 4 heteroatoms. The summed E-state index contributed by atoms with van der Waals surface area (Å²) in [4.78, 5) is 24.0. The second-order valence-corrected chi connectivity index (χ2v) is 5.88. The Morgan fingerprint density at radius 2 is 2.15 bits per heavy atom. The number of fused-ring (bicyclic) bond motifs is 1. The van der Waals surface area contributed by atoms with E-state index in [4.69, 9.17) is 0 Å². The van der Waals surface area contributed by atoms with Crippen LogP contribution in [0.2, 0.25) is 0 Å². The Kier molecular flexibility index (Phi) is 3.69. The number of carbonyl (C=O) groups is 2. The monoisotopic (exact) mass is 275 g/mol. The van der Waals surface area contributed by atoms with Crippen molar-refractivity contribution < 1.29 is 14.7 Å². The molecule has 2 N–H and O–H groups in total. The van der Waals surface area contributed by atoms with E-state index in [9.17, 15) is 14.7 Å². The lowest BCUT2D eigenvalue weighted by atomic mass is 9.60. The van der Waals surface area contributed by atoms with Crippen molar-refractivity contribution in [2.75, 3.05) is 7.05 Å². The maximum atomic E-state index is 12.2. The number of nitrogens with one attached hydrogen (secondary N) is 1. The van der Waals surface area contributed by atoms with Crippen molar-refractivity contribution in [2.45, 2.75) is 33.3 Å².